The van der Waals surface area contributed by atoms with Gasteiger partial charge >= 0.3 is 0 Å². The van der Waals surface area contributed by atoms with Crippen LogP contribution in [0.15, 0.2) is 218 Å². The summed E-state index contributed by atoms with van der Waals surface area (Å²) in [5, 5.41) is 0. The molecule has 0 saturated heterocycles. The van der Waals surface area contributed by atoms with Gasteiger partial charge < -0.3 is 0 Å². The van der Waals surface area contributed by atoms with Gasteiger partial charge in [0.1, 0.15) is 34.9 Å². The molecule has 9 aromatic carbocycles. The Hall–Kier alpha value is -9.81. The van der Waals surface area contributed by atoms with Gasteiger partial charge in [0.25, 0.3) is 0 Å². The van der Waals surface area contributed by atoms with E-state index in [9.17, 15) is 0 Å². The molecule has 0 amide bonds. The summed E-state index contributed by atoms with van der Waals surface area (Å²) in [6.45, 7) is 0. The Labute approximate surface area is 409 Å². The van der Waals surface area contributed by atoms with E-state index in [1.54, 1.807) is 54.6 Å². The van der Waals surface area contributed by atoms with Gasteiger partial charge in [0.05, 0.1) is 50.2 Å². The molecular formula is C60H36F3N9. The molecule has 4 aromatic heterocycles. The second-order valence-electron chi connectivity index (χ2n) is 17.1. The van der Waals surface area contributed by atoms with E-state index in [1.807, 2.05) is 159 Å². The fraction of sp³-hybridized carbons (Fsp3) is 0. The number of aromatic nitrogens is 9. The highest BCUT2D eigenvalue weighted by Crippen LogP contribution is 2.41. The van der Waals surface area contributed by atoms with Gasteiger partial charge in [-0.3, -0.25) is 13.7 Å². The van der Waals surface area contributed by atoms with E-state index in [1.165, 1.54) is 18.2 Å². The third kappa shape index (κ3) is 7.03. The first-order valence-corrected chi connectivity index (χ1v) is 23.2. The Morgan fingerprint density at radius 1 is 0.236 bits per heavy atom. The average molecular weight is 940 g/mol. The maximum absolute atomic E-state index is 16.0. The molecule has 0 radical (unpaired) electrons. The van der Waals surface area contributed by atoms with Crippen molar-refractivity contribution in [3.8, 4) is 85.4 Å². The maximum Gasteiger partial charge on any atom is 0.164 e. The van der Waals surface area contributed by atoms with Crippen LogP contribution in [-0.2, 0) is 0 Å². The standard InChI is InChI=1S/C60H36F3N9/c61-43-25-7-13-31-49(43)70-52-34-16-10-28-46(52)64-58(70)40-22-4-1-19-37(40)55-67-56(38-20-2-5-23-41(38)59-65-47-29-11-17-35-53(47)71(59)50-32-14-8-26-44(50)62)69-57(68-55)39-21-3-6-24-42(39)60-66-48-30-12-18-36-54(48)72(60)51-33-15-9-27-45(51)63/h1-36H. The number of halogens is 3. The predicted molar refractivity (Wildman–Crippen MR) is 276 cm³/mol. The van der Waals surface area contributed by atoms with Crippen LogP contribution in [0.5, 0.6) is 0 Å². The number of imidazole rings is 3. The summed E-state index contributed by atoms with van der Waals surface area (Å²) in [5.41, 5.74) is 8.76. The van der Waals surface area contributed by atoms with E-state index >= 15 is 13.2 Å². The van der Waals surface area contributed by atoms with Crippen LogP contribution in [0.4, 0.5) is 13.2 Å². The highest BCUT2D eigenvalue weighted by atomic mass is 19.1. The Kier molecular flexibility index (Phi) is 10.2. The lowest BCUT2D eigenvalue weighted by molar-refractivity contribution is 0.619. The smallest absolute Gasteiger partial charge is 0.164 e. The maximum atomic E-state index is 16.0. The Morgan fingerprint density at radius 3 is 0.764 bits per heavy atom. The first kappa shape index (κ1) is 42.3. The molecule has 0 aliphatic carbocycles. The summed E-state index contributed by atoms with van der Waals surface area (Å²) in [6, 6.07) is 65.6. The molecule has 13 rings (SSSR count). The van der Waals surface area contributed by atoms with Gasteiger partial charge in [-0.1, -0.05) is 146 Å². The summed E-state index contributed by atoms with van der Waals surface area (Å²) in [5.74, 6) is 1.02. The molecule has 342 valence electrons. The molecule has 72 heavy (non-hydrogen) atoms. The van der Waals surface area contributed by atoms with Gasteiger partial charge in [-0.05, 0) is 72.8 Å². The van der Waals surface area contributed by atoms with E-state index in [0.717, 1.165) is 0 Å². The van der Waals surface area contributed by atoms with Crippen molar-refractivity contribution in [2.75, 3.05) is 0 Å². The average Bonchev–Trinajstić information content (AvgIpc) is 4.13. The number of para-hydroxylation sites is 9. The predicted octanol–water partition coefficient (Wildman–Crippen LogP) is 14.3. The summed E-state index contributed by atoms with van der Waals surface area (Å²) in [4.78, 5) is 31.3. The third-order valence-corrected chi connectivity index (χ3v) is 12.8. The molecule has 13 aromatic rings. The van der Waals surface area contributed by atoms with Crippen LogP contribution in [0, 0.1) is 17.5 Å². The first-order valence-electron chi connectivity index (χ1n) is 23.2. The van der Waals surface area contributed by atoms with Crippen LogP contribution in [0.2, 0.25) is 0 Å². The van der Waals surface area contributed by atoms with E-state index < -0.39 is 17.5 Å². The fourth-order valence-electron chi connectivity index (χ4n) is 9.61. The zero-order valence-electron chi connectivity index (χ0n) is 37.9. The second kappa shape index (κ2) is 17.3. The van der Waals surface area contributed by atoms with Crippen molar-refractivity contribution in [1.29, 1.82) is 0 Å². The van der Waals surface area contributed by atoms with Gasteiger partial charge in [0.15, 0.2) is 17.5 Å². The van der Waals surface area contributed by atoms with Crippen LogP contribution in [0.3, 0.4) is 0 Å². The number of fused-ring (bicyclic) bond motifs is 3. The summed E-state index contributed by atoms with van der Waals surface area (Å²) in [7, 11) is 0. The molecule has 0 unspecified atom stereocenters. The molecule has 0 fully saturated rings. The van der Waals surface area contributed by atoms with Crippen LogP contribution in [0.1, 0.15) is 0 Å². The normalized spacial score (nSPS) is 11.5. The van der Waals surface area contributed by atoms with Crippen molar-refractivity contribution < 1.29 is 13.2 Å². The lowest BCUT2D eigenvalue weighted by Gasteiger charge is -2.17. The molecule has 12 heteroatoms. The minimum Gasteiger partial charge on any atom is -0.289 e. The Bertz CT molecular complexity index is 3810. The molecule has 0 atom stereocenters. The van der Waals surface area contributed by atoms with Crippen molar-refractivity contribution in [1.82, 2.24) is 43.6 Å². The van der Waals surface area contributed by atoms with Crippen LogP contribution in [-0.4, -0.2) is 43.6 Å². The number of benzene rings is 9. The van der Waals surface area contributed by atoms with Gasteiger partial charge in [-0.25, -0.2) is 43.1 Å². The largest absolute Gasteiger partial charge is 0.289 e. The topological polar surface area (TPSA) is 92.1 Å². The Balaban J connectivity index is 1.09. The molecule has 0 bridgehead atoms. The molecule has 0 saturated carbocycles. The van der Waals surface area contributed by atoms with Crippen molar-refractivity contribution >= 4 is 33.1 Å². The minimum absolute atomic E-state index is 0.285. The van der Waals surface area contributed by atoms with Crippen LogP contribution in [0.25, 0.3) is 118 Å². The molecule has 4 heterocycles. The number of hydrogen-bond acceptors (Lipinski definition) is 6. The van der Waals surface area contributed by atoms with E-state index in [-0.39, 0.29) is 17.5 Å². The molecule has 9 nitrogen and oxygen atoms in total. The monoisotopic (exact) mass is 939 g/mol. The van der Waals surface area contributed by atoms with Crippen molar-refractivity contribution in [2.24, 2.45) is 0 Å². The van der Waals surface area contributed by atoms with Gasteiger partial charge in [0.2, 0.25) is 0 Å². The van der Waals surface area contributed by atoms with E-state index in [2.05, 4.69) is 0 Å². The van der Waals surface area contributed by atoms with Gasteiger partial charge in [-0.2, -0.15) is 0 Å². The lowest BCUT2D eigenvalue weighted by Crippen LogP contribution is -2.06. The number of hydrogen-bond donors (Lipinski definition) is 0. The van der Waals surface area contributed by atoms with Crippen molar-refractivity contribution in [3.05, 3.63) is 236 Å². The molecule has 0 aliphatic rings. The SMILES string of the molecule is Fc1ccccc1-n1c(-c2ccccc2-c2nc(-c3ccccc3-c3nc4ccccc4n3-c3ccccc3F)nc(-c3ccccc3-c3nc4ccccc4n3-c3ccccc3F)n2)nc2ccccc21. The highest BCUT2D eigenvalue weighted by Gasteiger charge is 2.27. The zero-order valence-corrected chi connectivity index (χ0v) is 37.9. The van der Waals surface area contributed by atoms with Crippen molar-refractivity contribution in [3.63, 3.8) is 0 Å². The van der Waals surface area contributed by atoms with Crippen LogP contribution < -0.4 is 0 Å². The number of rotatable bonds is 9. The van der Waals surface area contributed by atoms with Gasteiger partial charge in [0, 0.05) is 33.4 Å². The summed E-state index contributed by atoms with van der Waals surface area (Å²) >= 11 is 0. The quantitative estimate of drug-likeness (QED) is 0.143. The lowest BCUT2D eigenvalue weighted by atomic mass is 10.0. The van der Waals surface area contributed by atoms with Crippen LogP contribution >= 0.6 is 0 Å². The summed E-state index contributed by atoms with van der Waals surface area (Å²) in [6.07, 6.45) is 0. The first-order chi connectivity index (χ1) is 35.5. The highest BCUT2D eigenvalue weighted by molar-refractivity contribution is 5.92. The molecule has 0 N–H and O–H groups in total. The van der Waals surface area contributed by atoms with Gasteiger partial charge in [-0.15, -0.1) is 0 Å². The molecular weight excluding hydrogens is 904 g/mol. The third-order valence-electron chi connectivity index (χ3n) is 12.8. The van der Waals surface area contributed by atoms with E-state index in [0.29, 0.717) is 101 Å². The summed E-state index contributed by atoms with van der Waals surface area (Å²) < 4.78 is 53.3. The van der Waals surface area contributed by atoms with Crippen molar-refractivity contribution in [2.45, 2.75) is 0 Å². The molecule has 0 aliphatic heterocycles. The second-order valence-corrected chi connectivity index (χ2v) is 17.1. The zero-order chi connectivity index (χ0) is 48.3. The minimum atomic E-state index is -0.417. The fourth-order valence-corrected chi connectivity index (χ4v) is 9.61. The number of nitrogens with zero attached hydrogens (tertiary/aromatic N) is 9. The Morgan fingerprint density at radius 2 is 0.472 bits per heavy atom. The van der Waals surface area contributed by atoms with E-state index in [4.69, 9.17) is 29.9 Å². The molecule has 0 spiro atoms.